The molecule has 0 saturated heterocycles. The number of benzene rings is 15. The number of nitrogens with zero attached hydrogens (tertiary/aromatic N) is 8. The predicted molar refractivity (Wildman–Crippen MR) is 443 cm³/mol. The number of hydrogen-bond donors (Lipinski definition) is 0. The van der Waals surface area contributed by atoms with Crippen molar-refractivity contribution in [1.82, 2.24) is 37.9 Å². The van der Waals surface area contributed by atoms with Crippen molar-refractivity contribution in [3.05, 3.63) is 328 Å². The Labute approximate surface area is 613 Å². The summed E-state index contributed by atoms with van der Waals surface area (Å²) in [7, 11) is 0. The molecule has 0 aliphatic carbocycles. The van der Waals surface area contributed by atoms with Crippen molar-refractivity contribution < 1.29 is 8.83 Å². The molecule has 0 aliphatic heterocycles. The quantitative estimate of drug-likeness (QED) is 0.150. The third kappa shape index (κ3) is 7.88. The minimum Gasteiger partial charge on any atom is -0.452 e. The van der Waals surface area contributed by atoms with Gasteiger partial charge < -0.3 is 17.6 Å². The summed E-state index contributed by atoms with van der Waals surface area (Å²) in [6, 6.07) is 118. The van der Waals surface area contributed by atoms with Crippen molar-refractivity contribution >= 4 is 164 Å². The number of rotatable bonds is 8. The van der Waals surface area contributed by atoms with Crippen molar-refractivity contribution in [2.75, 3.05) is 0 Å². The minimum absolute atomic E-state index is 0.569. The number of para-hydroxylation sites is 5. The lowest BCUT2D eigenvalue weighted by atomic mass is 9.97. The van der Waals surface area contributed by atoms with E-state index in [2.05, 4.69) is 315 Å². The molecule has 0 bridgehead atoms. The van der Waals surface area contributed by atoms with E-state index in [1.165, 1.54) is 92.8 Å². The first-order valence-electron chi connectivity index (χ1n) is 36.7. The molecule has 0 atom stereocenters. The first kappa shape index (κ1) is 57.7. The summed E-state index contributed by atoms with van der Waals surface area (Å²) in [5.41, 5.74) is 28.0. The molecular formula is C98H54N8O2. The van der Waals surface area contributed by atoms with Gasteiger partial charge in [-0.25, -0.2) is 19.9 Å². The van der Waals surface area contributed by atoms with Gasteiger partial charge in [0.2, 0.25) is 11.9 Å². The standard InChI is InChI=1S/C98H54N8O2/c1-4-20-55(21-5-1)63-44-47-65-72-53-81-85(87-68-27-11-15-31-75(68)103(93(72)87)79(65)51-63)67-26-10-17-33-77(67)105(81)97-100-90(96-92(101-97)71-30-14-19-35-84(71)108-96)61-42-40-58(41-43-61)57-36-38-59(39-37-57)62-46-49-78-74(50-62)86-82(106(78)98-99-89(60-24-8-3-9-25-60)95-91(102-98)70-29-13-18-34-83(70)107-95)54-73-66-48-45-64(56-22-6-2-7-23-56)52-80(66)104-76-32-16-12-28-69(76)88(86)94(73)104/h1-54H. The minimum atomic E-state index is 0.569. The molecule has 0 radical (unpaired) electrons. The molecule has 0 spiro atoms. The monoisotopic (exact) mass is 1370 g/mol. The van der Waals surface area contributed by atoms with E-state index in [0.29, 0.717) is 23.1 Å². The third-order valence-electron chi connectivity index (χ3n) is 23.1. The summed E-state index contributed by atoms with van der Waals surface area (Å²) >= 11 is 0. The van der Waals surface area contributed by atoms with E-state index in [1.54, 1.807) is 0 Å². The molecule has 10 aromatic heterocycles. The Morgan fingerprint density at radius 2 is 0.546 bits per heavy atom. The van der Waals surface area contributed by atoms with E-state index in [9.17, 15) is 0 Å². The van der Waals surface area contributed by atoms with Gasteiger partial charge in [0.1, 0.15) is 33.6 Å². The highest BCUT2D eigenvalue weighted by Gasteiger charge is 2.30. The zero-order valence-corrected chi connectivity index (χ0v) is 57.6. The summed E-state index contributed by atoms with van der Waals surface area (Å²) in [5.74, 6) is 1.14. The summed E-state index contributed by atoms with van der Waals surface area (Å²) < 4.78 is 23.1. The SMILES string of the molecule is c1ccc(-c2ccc3c4cc5c(c6ccccc6n5-c5nc(-c6ccc(-c7ccc(-c8ccc9c(c8)c8c%10c%11ccccc%11n%11c%12cc(-c%13ccccc%13)ccc%12c(cc8n9-c8nc(-c9ccccc9)c9oc%12ccccc%12c9n8)c%10%11)cc7)cc6)c6oc7ccccc7c6n5)c5c6ccccc6n(c3c2)c45)cc1. The molecule has 0 aliphatic rings. The Morgan fingerprint density at radius 1 is 0.204 bits per heavy atom. The van der Waals surface area contributed by atoms with Gasteiger partial charge in [0.25, 0.3) is 0 Å². The molecule has 0 amide bonds. The van der Waals surface area contributed by atoms with Crippen LogP contribution in [0.25, 0.3) is 243 Å². The van der Waals surface area contributed by atoms with Crippen LogP contribution in [0.15, 0.2) is 336 Å². The van der Waals surface area contributed by atoms with Crippen molar-refractivity contribution in [2.24, 2.45) is 0 Å². The fourth-order valence-electron chi connectivity index (χ4n) is 18.3. The maximum atomic E-state index is 6.83. The molecule has 25 rings (SSSR count). The van der Waals surface area contributed by atoms with Gasteiger partial charge in [0.05, 0.1) is 55.2 Å². The number of aromatic nitrogens is 8. The molecule has 0 unspecified atom stereocenters. The summed E-state index contributed by atoms with van der Waals surface area (Å²) in [6.45, 7) is 0. The second-order valence-corrected chi connectivity index (χ2v) is 28.7. The summed E-state index contributed by atoms with van der Waals surface area (Å²) in [4.78, 5) is 22.3. The summed E-state index contributed by atoms with van der Waals surface area (Å²) in [6.07, 6.45) is 0. The van der Waals surface area contributed by atoms with E-state index in [1.807, 2.05) is 30.3 Å². The van der Waals surface area contributed by atoms with Gasteiger partial charge in [0, 0.05) is 86.5 Å². The van der Waals surface area contributed by atoms with E-state index < -0.39 is 0 Å². The molecule has 15 aromatic carbocycles. The Bertz CT molecular complexity index is 8140. The normalized spacial score (nSPS) is 12.4. The van der Waals surface area contributed by atoms with Crippen LogP contribution in [0.4, 0.5) is 0 Å². The fraction of sp³-hybridized carbons (Fsp3) is 0. The highest BCUT2D eigenvalue weighted by Crippen LogP contribution is 2.51. The maximum Gasteiger partial charge on any atom is 0.236 e. The Hall–Kier alpha value is -14.7. The molecular weight excluding hydrogens is 1320 g/mol. The van der Waals surface area contributed by atoms with Crippen molar-refractivity contribution in [1.29, 1.82) is 0 Å². The van der Waals surface area contributed by atoms with E-state index in [4.69, 9.17) is 28.8 Å². The van der Waals surface area contributed by atoms with E-state index in [0.717, 1.165) is 127 Å². The molecule has 10 heterocycles. The van der Waals surface area contributed by atoms with Gasteiger partial charge >= 0.3 is 0 Å². The Kier molecular flexibility index (Phi) is 11.5. The van der Waals surface area contributed by atoms with Gasteiger partial charge in [-0.05, 0) is 123 Å². The van der Waals surface area contributed by atoms with E-state index in [-0.39, 0.29) is 0 Å². The third-order valence-corrected chi connectivity index (χ3v) is 23.1. The van der Waals surface area contributed by atoms with Gasteiger partial charge in [-0.3, -0.25) is 9.13 Å². The zero-order chi connectivity index (χ0) is 70.1. The van der Waals surface area contributed by atoms with Crippen LogP contribution in [0.5, 0.6) is 0 Å². The number of fused-ring (bicyclic) bond motifs is 26. The average Bonchev–Trinajstić information content (AvgIpc) is 1.52. The van der Waals surface area contributed by atoms with Crippen LogP contribution >= 0.6 is 0 Å². The first-order valence-corrected chi connectivity index (χ1v) is 36.7. The second-order valence-electron chi connectivity index (χ2n) is 28.7. The highest BCUT2D eigenvalue weighted by molar-refractivity contribution is 6.38. The van der Waals surface area contributed by atoms with Crippen molar-refractivity contribution in [3.8, 4) is 78.9 Å². The van der Waals surface area contributed by atoms with Crippen LogP contribution in [-0.4, -0.2) is 37.9 Å². The van der Waals surface area contributed by atoms with Crippen LogP contribution < -0.4 is 0 Å². The molecule has 108 heavy (non-hydrogen) atoms. The molecule has 25 aromatic rings. The van der Waals surface area contributed by atoms with Crippen LogP contribution in [0, 0.1) is 0 Å². The highest BCUT2D eigenvalue weighted by atomic mass is 16.3. The van der Waals surface area contributed by atoms with Gasteiger partial charge in [-0.15, -0.1) is 0 Å². The molecule has 10 nitrogen and oxygen atoms in total. The Morgan fingerprint density at radius 3 is 1.04 bits per heavy atom. The number of furan rings is 2. The first-order chi connectivity index (χ1) is 53.6. The van der Waals surface area contributed by atoms with Gasteiger partial charge in [-0.2, -0.15) is 0 Å². The lowest BCUT2D eigenvalue weighted by molar-refractivity contribution is 0.666. The Balaban J connectivity index is 0.643. The predicted octanol–water partition coefficient (Wildman–Crippen LogP) is 25.6. The van der Waals surface area contributed by atoms with Crippen molar-refractivity contribution in [3.63, 3.8) is 0 Å². The lowest BCUT2D eigenvalue weighted by Gasteiger charge is -2.11. The zero-order valence-electron chi connectivity index (χ0n) is 57.6. The van der Waals surface area contributed by atoms with Crippen molar-refractivity contribution in [2.45, 2.75) is 0 Å². The lowest BCUT2D eigenvalue weighted by Crippen LogP contribution is -2.03. The fourth-order valence-corrected chi connectivity index (χ4v) is 18.3. The summed E-state index contributed by atoms with van der Waals surface area (Å²) in [5, 5.41) is 16.0. The van der Waals surface area contributed by atoms with Crippen LogP contribution in [0.1, 0.15) is 0 Å². The van der Waals surface area contributed by atoms with Crippen LogP contribution in [0.3, 0.4) is 0 Å². The molecule has 498 valence electrons. The molecule has 0 saturated carbocycles. The van der Waals surface area contributed by atoms with E-state index >= 15 is 0 Å². The topological polar surface area (TPSA) is 96.5 Å². The van der Waals surface area contributed by atoms with Crippen LogP contribution in [-0.2, 0) is 0 Å². The molecule has 0 N–H and O–H groups in total. The molecule has 10 heteroatoms. The second kappa shape index (κ2) is 21.5. The van der Waals surface area contributed by atoms with Gasteiger partial charge in [0.15, 0.2) is 11.2 Å². The maximum absolute atomic E-state index is 6.83. The van der Waals surface area contributed by atoms with Crippen LogP contribution in [0.2, 0.25) is 0 Å². The number of hydrogen-bond acceptors (Lipinski definition) is 6. The largest absolute Gasteiger partial charge is 0.452 e. The molecule has 0 fully saturated rings. The average molecular weight is 1380 g/mol. The smallest absolute Gasteiger partial charge is 0.236 e. The van der Waals surface area contributed by atoms with Gasteiger partial charge in [-0.1, -0.05) is 249 Å².